The van der Waals surface area contributed by atoms with Crippen molar-refractivity contribution in [2.75, 3.05) is 38.6 Å². The predicted molar refractivity (Wildman–Crippen MR) is 130 cm³/mol. The third-order valence-electron chi connectivity index (χ3n) is 6.50. The zero-order valence-electron chi connectivity index (χ0n) is 18.9. The van der Waals surface area contributed by atoms with Gasteiger partial charge in [-0.2, -0.15) is 0 Å². The first-order valence-electron chi connectivity index (χ1n) is 11.6. The van der Waals surface area contributed by atoms with Crippen molar-refractivity contribution in [2.24, 2.45) is 5.92 Å². The van der Waals surface area contributed by atoms with Crippen LogP contribution in [0.2, 0.25) is 5.02 Å². The Kier molecular flexibility index (Phi) is 7.99. The highest BCUT2D eigenvalue weighted by Crippen LogP contribution is 2.30. The standard InChI is InChI=1S/C26H30ClF2N3O/c1-33-22-5-6-26-24(16-22)23(25(27)17-31-26)4-2-3-18-7-10-32(11-8-18)12-9-30-21-14-19(28)13-20(29)15-21/h5-6,13-18,30H,2-4,7-12H2,1H3. The maximum absolute atomic E-state index is 13.3. The smallest absolute Gasteiger partial charge is 0.128 e. The third kappa shape index (κ3) is 6.33. The van der Waals surface area contributed by atoms with Gasteiger partial charge in [0.15, 0.2) is 0 Å². The highest BCUT2D eigenvalue weighted by Gasteiger charge is 2.19. The Morgan fingerprint density at radius 2 is 1.88 bits per heavy atom. The van der Waals surface area contributed by atoms with Crippen molar-refractivity contribution in [1.82, 2.24) is 9.88 Å². The van der Waals surface area contributed by atoms with Crippen molar-refractivity contribution in [3.63, 3.8) is 0 Å². The molecule has 7 heteroatoms. The lowest BCUT2D eigenvalue weighted by Gasteiger charge is -2.32. The number of rotatable bonds is 9. The van der Waals surface area contributed by atoms with Crippen LogP contribution in [0.3, 0.4) is 0 Å². The molecule has 1 fully saturated rings. The van der Waals surface area contributed by atoms with Crippen LogP contribution in [0.25, 0.3) is 10.9 Å². The number of fused-ring (bicyclic) bond motifs is 1. The summed E-state index contributed by atoms with van der Waals surface area (Å²) >= 11 is 6.49. The number of hydrogen-bond donors (Lipinski definition) is 1. The minimum Gasteiger partial charge on any atom is -0.497 e. The van der Waals surface area contributed by atoms with E-state index in [1.165, 1.54) is 31.4 Å². The molecule has 0 aliphatic carbocycles. The van der Waals surface area contributed by atoms with Gasteiger partial charge in [0.2, 0.25) is 0 Å². The first kappa shape index (κ1) is 23.7. The number of methoxy groups -OCH3 is 1. The van der Waals surface area contributed by atoms with Crippen LogP contribution in [0.5, 0.6) is 5.75 Å². The van der Waals surface area contributed by atoms with Gasteiger partial charge in [0, 0.05) is 36.4 Å². The second-order valence-electron chi connectivity index (χ2n) is 8.73. The molecule has 1 saturated heterocycles. The molecule has 1 N–H and O–H groups in total. The summed E-state index contributed by atoms with van der Waals surface area (Å²) in [5.74, 6) is 0.419. The first-order valence-corrected chi connectivity index (χ1v) is 11.9. The number of benzene rings is 2. The minimum absolute atomic E-state index is 0.488. The molecule has 1 aliphatic rings. The van der Waals surface area contributed by atoms with Crippen LogP contribution < -0.4 is 10.1 Å². The zero-order chi connectivity index (χ0) is 23.2. The molecule has 0 amide bonds. The van der Waals surface area contributed by atoms with Crippen LogP contribution in [0.1, 0.15) is 31.2 Å². The summed E-state index contributed by atoms with van der Waals surface area (Å²) in [6, 6.07) is 9.45. The fraction of sp³-hybridized carbons (Fsp3) is 0.423. The van der Waals surface area contributed by atoms with Crippen LogP contribution in [0, 0.1) is 17.6 Å². The maximum Gasteiger partial charge on any atom is 0.128 e. The summed E-state index contributed by atoms with van der Waals surface area (Å²) in [4.78, 5) is 6.86. The van der Waals surface area contributed by atoms with Gasteiger partial charge in [-0.1, -0.05) is 18.0 Å². The molecule has 4 nitrogen and oxygen atoms in total. The molecule has 1 aromatic heterocycles. The Morgan fingerprint density at radius 1 is 1.12 bits per heavy atom. The fourth-order valence-corrected chi connectivity index (χ4v) is 4.91. The molecule has 1 aliphatic heterocycles. The van der Waals surface area contributed by atoms with Crippen LogP contribution in [-0.2, 0) is 6.42 Å². The summed E-state index contributed by atoms with van der Waals surface area (Å²) in [7, 11) is 1.67. The maximum atomic E-state index is 13.3. The van der Waals surface area contributed by atoms with Crippen molar-refractivity contribution in [1.29, 1.82) is 0 Å². The predicted octanol–water partition coefficient (Wildman–Crippen LogP) is 6.32. The quantitative estimate of drug-likeness (QED) is 0.394. The molecule has 176 valence electrons. The molecule has 2 aromatic carbocycles. The van der Waals surface area contributed by atoms with Gasteiger partial charge in [-0.15, -0.1) is 0 Å². The molecular weight excluding hydrogens is 444 g/mol. The average Bonchev–Trinajstić information content (AvgIpc) is 2.80. The van der Waals surface area contributed by atoms with Gasteiger partial charge >= 0.3 is 0 Å². The lowest BCUT2D eigenvalue weighted by Crippen LogP contribution is -2.36. The van der Waals surface area contributed by atoms with Crippen molar-refractivity contribution >= 4 is 28.2 Å². The Hall–Kier alpha value is -2.44. The van der Waals surface area contributed by atoms with E-state index in [1.54, 1.807) is 13.3 Å². The summed E-state index contributed by atoms with van der Waals surface area (Å²) < 4.78 is 32.0. The minimum atomic E-state index is -0.557. The van der Waals surface area contributed by atoms with E-state index >= 15 is 0 Å². The van der Waals surface area contributed by atoms with Gasteiger partial charge in [0.25, 0.3) is 0 Å². The van der Waals surface area contributed by atoms with E-state index in [2.05, 4.69) is 15.2 Å². The van der Waals surface area contributed by atoms with Crippen LogP contribution in [0.4, 0.5) is 14.5 Å². The molecule has 0 atom stereocenters. The number of pyridine rings is 1. The number of anilines is 1. The molecule has 0 radical (unpaired) electrons. The fourth-order valence-electron chi connectivity index (χ4n) is 4.66. The number of nitrogens with one attached hydrogen (secondary N) is 1. The summed E-state index contributed by atoms with van der Waals surface area (Å²) in [5.41, 5.74) is 2.58. The van der Waals surface area contributed by atoms with Crippen LogP contribution in [-0.4, -0.2) is 43.2 Å². The molecule has 0 unspecified atom stereocenters. The van der Waals surface area contributed by atoms with Gasteiger partial charge in [-0.25, -0.2) is 8.78 Å². The van der Waals surface area contributed by atoms with Crippen LogP contribution in [0.15, 0.2) is 42.6 Å². The van der Waals surface area contributed by atoms with Crippen molar-refractivity contribution in [3.05, 3.63) is 64.8 Å². The van der Waals surface area contributed by atoms with E-state index in [-0.39, 0.29) is 0 Å². The Bertz CT molecular complexity index is 1070. The van der Waals surface area contributed by atoms with Gasteiger partial charge in [0.05, 0.1) is 17.6 Å². The van der Waals surface area contributed by atoms with Gasteiger partial charge in [-0.05, 0) is 80.6 Å². The van der Waals surface area contributed by atoms with Crippen molar-refractivity contribution in [2.45, 2.75) is 32.1 Å². The molecule has 0 bridgehead atoms. The van der Waals surface area contributed by atoms with Crippen LogP contribution >= 0.6 is 11.6 Å². The molecule has 4 rings (SSSR count). The number of hydrogen-bond acceptors (Lipinski definition) is 4. The Morgan fingerprint density at radius 3 is 2.61 bits per heavy atom. The van der Waals surface area contributed by atoms with E-state index in [4.69, 9.17) is 16.3 Å². The lowest BCUT2D eigenvalue weighted by molar-refractivity contribution is 0.183. The lowest BCUT2D eigenvalue weighted by atomic mass is 9.90. The van der Waals surface area contributed by atoms with E-state index in [0.29, 0.717) is 18.2 Å². The van der Waals surface area contributed by atoms with E-state index < -0.39 is 11.6 Å². The highest BCUT2D eigenvalue weighted by atomic mass is 35.5. The van der Waals surface area contributed by atoms with Crippen molar-refractivity contribution < 1.29 is 13.5 Å². The zero-order valence-corrected chi connectivity index (χ0v) is 19.7. The summed E-state index contributed by atoms with van der Waals surface area (Å²) in [5, 5.41) is 4.91. The molecule has 0 saturated carbocycles. The largest absolute Gasteiger partial charge is 0.497 e. The molecule has 2 heterocycles. The van der Waals surface area contributed by atoms with Gasteiger partial charge < -0.3 is 15.0 Å². The highest BCUT2D eigenvalue weighted by molar-refractivity contribution is 6.32. The van der Waals surface area contributed by atoms with E-state index in [9.17, 15) is 8.78 Å². The first-order chi connectivity index (χ1) is 16.0. The number of nitrogens with zero attached hydrogens (tertiary/aromatic N) is 2. The number of likely N-dealkylation sites (tertiary alicyclic amines) is 1. The number of halogens is 3. The normalized spacial score (nSPS) is 15.2. The van der Waals surface area contributed by atoms with Gasteiger partial charge in [-0.3, -0.25) is 4.98 Å². The molecule has 3 aromatic rings. The number of piperidine rings is 1. The number of aromatic nitrogens is 1. The van der Waals surface area contributed by atoms with Crippen molar-refractivity contribution in [3.8, 4) is 5.75 Å². The second-order valence-corrected chi connectivity index (χ2v) is 9.14. The van der Waals surface area contributed by atoms with E-state index in [0.717, 1.165) is 65.8 Å². The molecular formula is C26H30ClF2N3O. The Balaban J connectivity index is 1.21. The topological polar surface area (TPSA) is 37.4 Å². The molecule has 0 spiro atoms. The van der Waals surface area contributed by atoms with E-state index in [1.807, 2.05) is 18.2 Å². The SMILES string of the molecule is COc1ccc2ncc(Cl)c(CCCC3CCN(CCNc4cc(F)cc(F)c4)CC3)c2c1. The average molecular weight is 474 g/mol. The Labute approximate surface area is 198 Å². The van der Waals surface area contributed by atoms with Gasteiger partial charge in [0.1, 0.15) is 17.4 Å². The number of ether oxygens (including phenoxy) is 1. The summed E-state index contributed by atoms with van der Waals surface area (Å²) in [6.45, 7) is 3.65. The second kappa shape index (κ2) is 11.1. The third-order valence-corrected chi connectivity index (χ3v) is 6.83. The molecule has 33 heavy (non-hydrogen) atoms. The monoisotopic (exact) mass is 473 g/mol. The summed E-state index contributed by atoms with van der Waals surface area (Å²) in [6.07, 6.45) is 7.29. The number of aryl methyl sites for hydroxylation is 1.